The van der Waals surface area contributed by atoms with E-state index in [0.29, 0.717) is 11.0 Å². The summed E-state index contributed by atoms with van der Waals surface area (Å²) in [4.78, 5) is 2.05. The molecule has 0 bridgehead atoms. The summed E-state index contributed by atoms with van der Waals surface area (Å²) in [7, 11) is -3.17. The minimum Gasteiger partial charge on any atom is -0.360 e. The van der Waals surface area contributed by atoms with Crippen LogP contribution in [-0.4, -0.2) is 20.2 Å². The molecule has 2 aromatic rings. The standard InChI is InChI=1S/C19H19BrFNO2S/c1-13-3-6-17(9-14(13)2)22(18-7-8-25(23,24)12-18)11-15-4-5-16(21)10-19(15)20/h3-10,18H,11-12H2,1-2H3/t18-/m1/s1. The molecule has 0 spiro atoms. The summed E-state index contributed by atoms with van der Waals surface area (Å²) < 4.78 is 37.8. The van der Waals surface area contributed by atoms with Gasteiger partial charge in [0, 0.05) is 22.1 Å². The monoisotopic (exact) mass is 423 g/mol. The van der Waals surface area contributed by atoms with Crippen molar-refractivity contribution in [2.45, 2.75) is 26.4 Å². The van der Waals surface area contributed by atoms with E-state index >= 15 is 0 Å². The zero-order valence-corrected chi connectivity index (χ0v) is 16.4. The number of rotatable bonds is 4. The lowest BCUT2D eigenvalue weighted by molar-refractivity contribution is 0.601. The summed E-state index contributed by atoms with van der Waals surface area (Å²) in [6.45, 7) is 4.56. The average molecular weight is 424 g/mol. The Bertz CT molecular complexity index is 940. The topological polar surface area (TPSA) is 37.4 Å². The smallest absolute Gasteiger partial charge is 0.173 e. The van der Waals surface area contributed by atoms with Crippen LogP contribution in [0.5, 0.6) is 0 Å². The molecular formula is C19H19BrFNO2S. The average Bonchev–Trinajstić information content (AvgIpc) is 2.89. The molecule has 1 aliphatic heterocycles. The number of nitrogens with zero attached hydrogens (tertiary/aromatic N) is 1. The van der Waals surface area contributed by atoms with Gasteiger partial charge in [0.1, 0.15) is 5.82 Å². The lowest BCUT2D eigenvalue weighted by Gasteiger charge is -2.31. The largest absolute Gasteiger partial charge is 0.360 e. The van der Waals surface area contributed by atoms with E-state index in [0.717, 1.165) is 16.8 Å². The Hall–Kier alpha value is -1.66. The quantitative estimate of drug-likeness (QED) is 0.724. The predicted octanol–water partition coefficient (Wildman–Crippen LogP) is 4.52. The molecule has 0 N–H and O–H groups in total. The minimum atomic E-state index is -3.17. The molecule has 0 aliphatic carbocycles. The zero-order chi connectivity index (χ0) is 18.2. The van der Waals surface area contributed by atoms with Crippen molar-refractivity contribution < 1.29 is 12.8 Å². The maximum absolute atomic E-state index is 13.4. The first-order chi connectivity index (χ1) is 11.7. The van der Waals surface area contributed by atoms with Gasteiger partial charge in [0.2, 0.25) is 0 Å². The van der Waals surface area contributed by atoms with Gasteiger partial charge in [-0.25, -0.2) is 12.8 Å². The summed E-state index contributed by atoms with van der Waals surface area (Å²) in [6, 6.07) is 10.4. The Morgan fingerprint density at radius 1 is 1.16 bits per heavy atom. The van der Waals surface area contributed by atoms with Crippen LogP contribution in [-0.2, 0) is 16.4 Å². The van der Waals surface area contributed by atoms with Crippen LogP contribution in [0.1, 0.15) is 16.7 Å². The molecule has 0 unspecified atom stereocenters. The highest BCUT2D eigenvalue weighted by Crippen LogP contribution is 2.29. The van der Waals surface area contributed by atoms with Gasteiger partial charge in [-0.1, -0.05) is 28.1 Å². The van der Waals surface area contributed by atoms with Crippen LogP contribution >= 0.6 is 15.9 Å². The van der Waals surface area contributed by atoms with Crippen LogP contribution in [0.4, 0.5) is 10.1 Å². The maximum atomic E-state index is 13.4. The molecule has 6 heteroatoms. The highest BCUT2D eigenvalue weighted by atomic mass is 79.9. The minimum absolute atomic E-state index is 0.0543. The molecule has 3 rings (SSSR count). The second-order valence-corrected chi connectivity index (χ2v) is 9.14. The van der Waals surface area contributed by atoms with E-state index in [1.165, 1.54) is 23.1 Å². The van der Waals surface area contributed by atoms with Crippen molar-refractivity contribution in [3.63, 3.8) is 0 Å². The van der Waals surface area contributed by atoms with Gasteiger partial charge in [-0.05, 0) is 60.9 Å². The normalized spacial score (nSPS) is 18.5. The molecule has 0 saturated carbocycles. The number of benzene rings is 2. The van der Waals surface area contributed by atoms with Crippen molar-refractivity contribution >= 4 is 31.5 Å². The third-order valence-corrected chi connectivity index (χ3v) is 6.61. The summed E-state index contributed by atoms with van der Waals surface area (Å²) in [5, 5.41) is 1.28. The number of hydrogen-bond acceptors (Lipinski definition) is 3. The third kappa shape index (κ3) is 4.12. The van der Waals surface area contributed by atoms with Gasteiger partial charge in [0.05, 0.1) is 11.8 Å². The molecule has 1 aliphatic rings. The molecule has 0 fully saturated rings. The number of hydrogen-bond donors (Lipinski definition) is 0. The predicted molar refractivity (Wildman–Crippen MR) is 103 cm³/mol. The van der Waals surface area contributed by atoms with Crippen LogP contribution in [0.25, 0.3) is 0 Å². The van der Waals surface area contributed by atoms with Gasteiger partial charge >= 0.3 is 0 Å². The molecule has 25 heavy (non-hydrogen) atoms. The van der Waals surface area contributed by atoms with Gasteiger partial charge in [0.15, 0.2) is 9.84 Å². The van der Waals surface area contributed by atoms with Crippen molar-refractivity contribution in [2.24, 2.45) is 0 Å². The Kier molecular flexibility index (Phi) is 5.02. The molecule has 0 radical (unpaired) electrons. The number of anilines is 1. The van der Waals surface area contributed by atoms with Crippen molar-refractivity contribution in [1.29, 1.82) is 0 Å². The van der Waals surface area contributed by atoms with Crippen molar-refractivity contribution in [1.82, 2.24) is 0 Å². The Morgan fingerprint density at radius 3 is 2.52 bits per heavy atom. The van der Waals surface area contributed by atoms with E-state index in [9.17, 15) is 12.8 Å². The number of halogens is 2. The first-order valence-corrected chi connectivity index (χ1v) is 10.4. The fourth-order valence-electron chi connectivity index (χ4n) is 2.89. The Morgan fingerprint density at radius 2 is 1.92 bits per heavy atom. The maximum Gasteiger partial charge on any atom is 0.173 e. The summed E-state index contributed by atoms with van der Waals surface area (Å²) >= 11 is 3.40. The van der Waals surface area contributed by atoms with Gasteiger partial charge in [0.25, 0.3) is 0 Å². The van der Waals surface area contributed by atoms with Crippen molar-refractivity contribution in [2.75, 3.05) is 10.7 Å². The van der Waals surface area contributed by atoms with Crippen LogP contribution in [0.15, 0.2) is 52.4 Å². The van der Waals surface area contributed by atoms with Gasteiger partial charge in [-0.2, -0.15) is 0 Å². The molecule has 0 amide bonds. The fourth-order valence-corrected chi connectivity index (χ4v) is 4.67. The molecule has 0 aromatic heterocycles. The lowest BCUT2D eigenvalue weighted by Crippen LogP contribution is -2.35. The Balaban J connectivity index is 1.99. The summed E-state index contributed by atoms with van der Waals surface area (Å²) in [6.07, 6.45) is 1.72. The second kappa shape index (κ2) is 6.92. The van der Waals surface area contributed by atoms with Crippen LogP contribution in [0, 0.1) is 19.7 Å². The van der Waals surface area contributed by atoms with E-state index < -0.39 is 9.84 Å². The number of aryl methyl sites for hydroxylation is 2. The molecular weight excluding hydrogens is 405 g/mol. The first kappa shape index (κ1) is 18.1. The van der Waals surface area contributed by atoms with Crippen LogP contribution in [0.2, 0.25) is 0 Å². The molecule has 0 saturated heterocycles. The highest BCUT2D eigenvalue weighted by molar-refractivity contribution is 9.10. The van der Waals surface area contributed by atoms with Crippen LogP contribution < -0.4 is 4.90 Å². The SMILES string of the molecule is Cc1ccc(N(Cc2ccc(F)cc2Br)[C@@H]2C=CS(=O)(=O)C2)cc1C. The van der Waals surface area contributed by atoms with E-state index in [2.05, 4.69) is 22.0 Å². The molecule has 132 valence electrons. The zero-order valence-electron chi connectivity index (χ0n) is 14.0. The number of sulfone groups is 1. The molecule has 1 atom stereocenters. The molecule has 3 nitrogen and oxygen atoms in total. The third-order valence-electron chi connectivity index (χ3n) is 4.49. The van der Waals surface area contributed by atoms with E-state index in [-0.39, 0.29) is 17.6 Å². The Labute approximate surface area is 156 Å². The van der Waals surface area contributed by atoms with Crippen molar-refractivity contribution in [3.05, 3.63) is 74.9 Å². The van der Waals surface area contributed by atoms with Crippen molar-refractivity contribution in [3.8, 4) is 0 Å². The molecule has 1 heterocycles. The fraction of sp³-hybridized carbons (Fsp3) is 0.263. The van der Waals surface area contributed by atoms with Gasteiger partial charge < -0.3 is 4.90 Å². The highest BCUT2D eigenvalue weighted by Gasteiger charge is 2.28. The first-order valence-electron chi connectivity index (χ1n) is 7.94. The summed E-state index contributed by atoms with van der Waals surface area (Å²) in [5.74, 6) is -0.254. The van der Waals surface area contributed by atoms with E-state index in [1.54, 1.807) is 12.1 Å². The lowest BCUT2D eigenvalue weighted by atomic mass is 10.1. The summed E-state index contributed by atoms with van der Waals surface area (Å²) in [5.41, 5.74) is 4.18. The second-order valence-electron chi connectivity index (χ2n) is 6.36. The molecule has 2 aromatic carbocycles. The van der Waals surface area contributed by atoms with Crippen LogP contribution in [0.3, 0.4) is 0 Å². The van der Waals surface area contributed by atoms with E-state index in [1.807, 2.05) is 30.9 Å². The van der Waals surface area contributed by atoms with E-state index in [4.69, 9.17) is 0 Å². The van der Waals surface area contributed by atoms with Gasteiger partial charge in [-0.15, -0.1) is 0 Å². The van der Waals surface area contributed by atoms with Gasteiger partial charge in [-0.3, -0.25) is 0 Å².